The Hall–Kier alpha value is -2.67. The van der Waals surface area contributed by atoms with Gasteiger partial charge in [-0.25, -0.2) is 0 Å². The van der Waals surface area contributed by atoms with E-state index >= 15 is 0 Å². The second-order valence-corrected chi connectivity index (χ2v) is 7.32. The van der Waals surface area contributed by atoms with Crippen LogP contribution in [0.3, 0.4) is 0 Å². The van der Waals surface area contributed by atoms with Crippen LogP contribution >= 0.6 is 0 Å². The third-order valence-electron chi connectivity index (χ3n) is 5.35. The normalized spacial score (nSPS) is 23.1. The van der Waals surface area contributed by atoms with Crippen LogP contribution < -0.4 is 4.90 Å². The topological polar surface area (TPSA) is 75.9 Å². The Morgan fingerprint density at radius 3 is 2.81 bits per heavy atom. The van der Waals surface area contributed by atoms with Crippen LogP contribution in [0.5, 0.6) is 0 Å². The molecule has 4 rings (SSSR count). The van der Waals surface area contributed by atoms with E-state index in [9.17, 15) is 9.59 Å². The summed E-state index contributed by atoms with van der Waals surface area (Å²) in [7, 11) is 0. The number of hydrogen-bond donors (Lipinski definition) is 0. The van der Waals surface area contributed by atoms with Crippen LogP contribution in [0, 0.1) is 5.41 Å². The van der Waals surface area contributed by atoms with Gasteiger partial charge in [-0.3, -0.25) is 9.59 Å². The van der Waals surface area contributed by atoms with E-state index < -0.39 is 0 Å². The second-order valence-electron chi connectivity index (χ2n) is 7.32. The molecule has 0 saturated carbocycles. The SMILES string of the molecule is CCc1cc(C(=O)N2CCC3(COCC(=O)N(c4ccccc4)C3)C2)no1. The first-order chi connectivity index (χ1) is 13.1. The van der Waals surface area contributed by atoms with E-state index in [2.05, 4.69) is 5.16 Å². The Bertz CT molecular complexity index is 835. The van der Waals surface area contributed by atoms with E-state index in [0.717, 1.165) is 12.1 Å². The van der Waals surface area contributed by atoms with Crippen LogP contribution in [0.2, 0.25) is 0 Å². The Balaban J connectivity index is 1.53. The minimum Gasteiger partial charge on any atom is -0.371 e. The molecule has 0 bridgehead atoms. The minimum atomic E-state index is -0.269. The molecular weight excluding hydrogens is 346 g/mol. The Morgan fingerprint density at radius 1 is 1.26 bits per heavy atom. The lowest BCUT2D eigenvalue weighted by Gasteiger charge is -2.31. The molecular formula is C20H23N3O4. The number of amides is 2. The summed E-state index contributed by atoms with van der Waals surface area (Å²) in [6.45, 7) is 4.18. The zero-order chi connectivity index (χ0) is 18.9. The lowest BCUT2D eigenvalue weighted by atomic mass is 9.87. The highest BCUT2D eigenvalue weighted by atomic mass is 16.5. The number of benzene rings is 1. The Kier molecular flexibility index (Phi) is 4.70. The molecule has 0 N–H and O–H groups in total. The van der Waals surface area contributed by atoms with Gasteiger partial charge in [-0.2, -0.15) is 0 Å². The number of nitrogens with zero attached hydrogens (tertiary/aromatic N) is 3. The molecule has 1 atom stereocenters. The van der Waals surface area contributed by atoms with E-state index in [1.165, 1.54) is 0 Å². The summed E-state index contributed by atoms with van der Waals surface area (Å²) >= 11 is 0. The zero-order valence-corrected chi connectivity index (χ0v) is 15.4. The fourth-order valence-electron chi connectivity index (χ4n) is 3.84. The number of aryl methyl sites for hydroxylation is 1. The molecule has 2 aliphatic rings. The van der Waals surface area contributed by atoms with Gasteiger partial charge in [0, 0.05) is 43.2 Å². The molecule has 7 nitrogen and oxygen atoms in total. The van der Waals surface area contributed by atoms with Gasteiger partial charge in [0.15, 0.2) is 5.69 Å². The van der Waals surface area contributed by atoms with Crippen LogP contribution in [0.15, 0.2) is 40.9 Å². The van der Waals surface area contributed by atoms with Crippen LogP contribution in [0.4, 0.5) is 5.69 Å². The lowest BCUT2D eigenvalue weighted by Crippen LogP contribution is -2.43. The molecule has 3 heterocycles. The predicted octanol–water partition coefficient (Wildman–Crippen LogP) is 2.13. The van der Waals surface area contributed by atoms with Crippen molar-refractivity contribution in [3.63, 3.8) is 0 Å². The highest BCUT2D eigenvalue weighted by molar-refractivity contribution is 5.95. The molecule has 2 amide bonds. The van der Waals surface area contributed by atoms with Crippen molar-refractivity contribution in [3.05, 3.63) is 47.9 Å². The van der Waals surface area contributed by atoms with Gasteiger partial charge in [-0.1, -0.05) is 30.3 Å². The van der Waals surface area contributed by atoms with Crippen LogP contribution in [0.25, 0.3) is 0 Å². The zero-order valence-electron chi connectivity index (χ0n) is 15.4. The van der Waals surface area contributed by atoms with Gasteiger partial charge in [0.05, 0.1) is 6.61 Å². The largest absolute Gasteiger partial charge is 0.371 e. The summed E-state index contributed by atoms with van der Waals surface area (Å²) < 4.78 is 10.9. The summed E-state index contributed by atoms with van der Waals surface area (Å²) in [6, 6.07) is 11.3. The quantitative estimate of drug-likeness (QED) is 0.828. The average Bonchev–Trinajstić information content (AvgIpc) is 3.30. The summed E-state index contributed by atoms with van der Waals surface area (Å²) in [5.74, 6) is 0.523. The van der Waals surface area contributed by atoms with Gasteiger partial charge in [-0.15, -0.1) is 0 Å². The molecule has 142 valence electrons. The molecule has 2 aliphatic heterocycles. The molecule has 1 aromatic heterocycles. The third kappa shape index (κ3) is 3.47. The molecule has 7 heteroatoms. The maximum absolute atomic E-state index is 12.8. The number of hydrogen-bond acceptors (Lipinski definition) is 5. The number of ether oxygens (including phenoxy) is 1. The predicted molar refractivity (Wildman–Crippen MR) is 98.4 cm³/mol. The molecule has 2 aromatic rings. The number of anilines is 1. The Labute approximate surface area is 157 Å². The van der Waals surface area contributed by atoms with Crippen LogP contribution in [-0.2, 0) is 16.0 Å². The van der Waals surface area contributed by atoms with E-state index in [0.29, 0.717) is 44.1 Å². The Morgan fingerprint density at radius 2 is 2.07 bits per heavy atom. The van der Waals surface area contributed by atoms with E-state index in [1.807, 2.05) is 37.3 Å². The van der Waals surface area contributed by atoms with Gasteiger partial charge in [-0.05, 0) is 18.6 Å². The molecule has 27 heavy (non-hydrogen) atoms. The van der Waals surface area contributed by atoms with Crippen molar-refractivity contribution in [1.82, 2.24) is 10.1 Å². The van der Waals surface area contributed by atoms with Crippen molar-refractivity contribution in [2.24, 2.45) is 5.41 Å². The molecule has 0 radical (unpaired) electrons. The van der Waals surface area contributed by atoms with Crippen molar-refractivity contribution in [3.8, 4) is 0 Å². The summed E-state index contributed by atoms with van der Waals surface area (Å²) in [6.07, 6.45) is 1.49. The lowest BCUT2D eigenvalue weighted by molar-refractivity contribution is -0.122. The molecule has 1 unspecified atom stereocenters. The fraction of sp³-hybridized carbons (Fsp3) is 0.450. The first-order valence-electron chi connectivity index (χ1n) is 9.28. The van der Waals surface area contributed by atoms with Crippen LogP contribution in [-0.4, -0.2) is 54.7 Å². The van der Waals surface area contributed by atoms with Gasteiger partial charge < -0.3 is 19.1 Å². The number of carbonyl (C=O) groups is 2. The van der Waals surface area contributed by atoms with Gasteiger partial charge in [0.2, 0.25) is 0 Å². The standard InChI is InChI=1S/C20H23N3O4/c1-2-16-10-17(21-27-16)19(25)22-9-8-20(12-22)13-23(18(24)11-26-14-20)15-6-4-3-5-7-15/h3-7,10H,2,8-9,11-14H2,1H3. The third-order valence-corrected chi connectivity index (χ3v) is 5.35. The number of carbonyl (C=O) groups excluding carboxylic acids is 2. The van der Waals surface area contributed by atoms with Crippen molar-refractivity contribution in [2.45, 2.75) is 19.8 Å². The highest BCUT2D eigenvalue weighted by Crippen LogP contribution is 2.35. The second kappa shape index (κ2) is 7.15. The fourth-order valence-corrected chi connectivity index (χ4v) is 3.84. The number of likely N-dealkylation sites (tertiary alicyclic amines) is 1. The minimum absolute atomic E-state index is 0.0491. The smallest absolute Gasteiger partial charge is 0.276 e. The van der Waals surface area contributed by atoms with Crippen molar-refractivity contribution < 1.29 is 18.8 Å². The molecule has 0 aliphatic carbocycles. The maximum atomic E-state index is 12.8. The van der Waals surface area contributed by atoms with Gasteiger partial charge in [0.25, 0.3) is 11.8 Å². The van der Waals surface area contributed by atoms with E-state index in [4.69, 9.17) is 9.26 Å². The van der Waals surface area contributed by atoms with Crippen LogP contribution in [0.1, 0.15) is 29.6 Å². The first kappa shape index (κ1) is 17.7. The monoisotopic (exact) mass is 369 g/mol. The first-order valence-corrected chi connectivity index (χ1v) is 9.28. The summed E-state index contributed by atoms with van der Waals surface area (Å²) in [5, 5.41) is 3.90. The van der Waals surface area contributed by atoms with Crippen molar-refractivity contribution in [2.75, 3.05) is 37.7 Å². The summed E-state index contributed by atoms with van der Waals surface area (Å²) in [5.41, 5.74) is 0.935. The van der Waals surface area contributed by atoms with Crippen molar-refractivity contribution >= 4 is 17.5 Å². The van der Waals surface area contributed by atoms with E-state index in [1.54, 1.807) is 15.9 Å². The van der Waals surface area contributed by atoms with Gasteiger partial charge in [0.1, 0.15) is 12.4 Å². The number of para-hydroxylation sites is 1. The molecule has 1 aromatic carbocycles. The van der Waals surface area contributed by atoms with Crippen molar-refractivity contribution in [1.29, 1.82) is 0 Å². The van der Waals surface area contributed by atoms with Gasteiger partial charge >= 0.3 is 0 Å². The average molecular weight is 369 g/mol. The van der Waals surface area contributed by atoms with E-state index in [-0.39, 0.29) is 23.8 Å². The summed E-state index contributed by atoms with van der Waals surface area (Å²) in [4.78, 5) is 28.9. The maximum Gasteiger partial charge on any atom is 0.276 e. The highest BCUT2D eigenvalue weighted by Gasteiger charge is 2.44. The molecule has 1 spiro atoms. The molecule has 2 saturated heterocycles. The molecule has 2 fully saturated rings. The number of rotatable bonds is 3. The number of aromatic nitrogens is 1.